The number of carbonyl (C=O) groups is 1. The zero-order valence-corrected chi connectivity index (χ0v) is 23.2. The number of anilines is 2. The number of halogens is 2. The van der Waals surface area contributed by atoms with Gasteiger partial charge in [0.1, 0.15) is 22.7 Å². The minimum Gasteiger partial charge on any atom is -0.352 e. The zero-order valence-electron chi connectivity index (χ0n) is 21.6. The first-order chi connectivity index (χ1) is 19.5. The van der Waals surface area contributed by atoms with Gasteiger partial charge in [0, 0.05) is 50.6 Å². The molecule has 4 heterocycles. The van der Waals surface area contributed by atoms with Gasteiger partial charge in [0.25, 0.3) is 5.71 Å². The molecule has 0 radical (unpaired) electrons. The molecular weight excluding hydrogens is 549 g/mol. The number of urea groups is 1. The largest absolute Gasteiger partial charge is 0.352 e. The van der Waals surface area contributed by atoms with Crippen LogP contribution in [0.1, 0.15) is 17.0 Å². The zero-order chi connectivity index (χ0) is 27.6. The topological polar surface area (TPSA) is 100 Å². The number of piperazine rings is 1. The van der Waals surface area contributed by atoms with Crippen molar-refractivity contribution in [2.75, 3.05) is 36.4 Å². The van der Waals surface area contributed by atoms with Crippen molar-refractivity contribution in [3.8, 4) is 11.3 Å². The van der Waals surface area contributed by atoms with Gasteiger partial charge in [-0.2, -0.15) is 4.98 Å². The van der Waals surface area contributed by atoms with Gasteiger partial charge in [0.2, 0.25) is 0 Å². The van der Waals surface area contributed by atoms with Crippen molar-refractivity contribution in [1.29, 1.82) is 0 Å². The van der Waals surface area contributed by atoms with Crippen LogP contribution < -0.4 is 10.2 Å². The fourth-order valence-corrected chi connectivity index (χ4v) is 5.04. The third-order valence-corrected chi connectivity index (χ3v) is 7.66. The second-order valence-corrected chi connectivity index (χ2v) is 10.4. The summed E-state index contributed by atoms with van der Waals surface area (Å²) in [6.07, 6.45) is 4.00. The number of hydrogen-bond donors (Lipinski definition) is 1. The van der Waals surface area contributed by atoms with Crippen molar-refractivity contribution in [2.24, 2.45) is 0 Å². The molecule has 6 rings (SSSR count). The summed E-state index contributed by atoms with van der Waals surface area (Å²) in [7, 11) is 0. The predicted molar refractivity (Wildman–Crippen MR) is 156 cm³/mol. The van der Waals surface area contributed by atoms with Gasteiger partial charge >= 0.3 is 6.03 Å². The van der Waals surface area contributed by atoms with Gasteiger partial charge in [-0.15, -0.1) is 0 Å². The minimum atomic E-state index is -0.238. The normalized spacial score (nSPS) is 13.6. The smallest absolute Gasteiger partial charge is 0.322 e. The van der Waals surface area contributed by atoms with E-state index in [1.807, 2.05) is 12.1 Å². The van der Waals surface area contributed by atoms with Crippen molar-refractivity contribution < 1.29 is 9.32 Å². The van der Waals surface area contributed by atoms with Crippen LogP contribution >= 0.6 is 23.2 Å². The lowest BCUT2D eigenvalue weighted by molar-refractivity contribution is 0.208. The second-order valence-electron chi connectivity index (χ2n) is 9.58. The first-order valence-corrected chi connectivity index (χ1v) is 13.6. The fourth-order valence-electron chi connectivity index (χ4n) is 4.69. The molecule has 2 aromatic carbocycles. The standard InChI is InChI=1S/C29H25Cl2N7O2/c1-18-7-9-19(10-8-18)16-23-34-27(24-26(36-40-28(24)35-23)20-4-3-11-32-17-20)37-12-14-38(15-13-37)29(39)33-22-6-2-5-21(30)25(22)31/h2-11,17H,12-16H2,1H3,(H,33,39). The summed E-state index contributed by atoms with van der Waals surface area (Å²) in [5.74, 6) is 1.36. The molecule has 11 heteroatoms. The first-order valence-electron chi connectivity index (χ1n) is 12.8. The Morgan fingerprint density at radius 3 is 2.55 bits per heavy atom. The van der Waals surface area contributed by atoms with Gasteiger partial charge in [-0.1, -0.05) is 64.3 Å². The highest BCUT2D eigenvalue weighted by atomic mass is 35.5. The van der Waals surface area contributed by atoms with Crippen LogP contribution in [-0.4, -0.2) is 57.2 Å². The van der Waals surface area contributed by atoms with Crippen molar-refractivity contribution in [1.82, 2.24) is 25.0 Å². The molecule has 40 heavy (non-hydrogen) atoms. The Labute approximate surface area is 240 Å². The number of aryl methyl sites for hydroxylation is 1. The molecule has 5 aromatic rings. The van der Waals surface area contributed by atoms with Crippen LogP contribution in [0.5, 0.6) is 0 Å². The summed E-state index contributed by atoms with van der Waals surface area (Å²) in [5, 5.41) is 8.64. The van der Waals surface area contributed by atoms with E-state index in [0.717, 1.165) is 22.3 Å². The molecule has 0 bridgehead atoms. The Kier molecular flexibility index (Phi) is 7.23. The molecule has 0 atom stereocenters. The molecule has 1 fully saturated rings. The molecule has 2 amide bonds. The first kappa shape index (κ1) is 26.0. The maximum atomic E-state index is 13.0. The average Bonchev–Trinajstić information content (AvgIpc) is 3.41. The Morgan fingerprint density at radius 2 is 1.80 bits per heavy atom. The Morgan fingerprint density at radius 1 is 1.00 bits per heavy atom. The quantitative estimate of drug-likeness (QED) is 0.265. The number of nitrogens with one attached hydrogen (secondary N) is 1. The maximum absolute atomic E-state index is 13.0. The van der Waals surface area contributed by atoms with Gasteiger partial charge < -0.3 is 19.6 Å². The molecule has 0 saturated carbocycles. The maximum Gasteiger partial charge on any atom is 0.322 e. The molecule has 1 saturated heterocycles. The van der Waals surface area contributed by atoms with E-state index in [1.54, 1.807) is 35.5 Å². The molecule has 1 aliphatic rings. The lowest BCUT2D eigenvalue weighted by Crippen LogP contribution is -2.50. The van der Waals surface area contributed by atoms with Gasteiger partial charge in [-0.3, -0.25) is 4.98 Å². The lowest BCUT2D eigenvalue weighted by Gasteiger charge is -2.35. The van der Waals surface area contributed by atoms with E-state index in [2.05, 4.69) is 51.5 Å². The number of carbonyl (C=O) groups excluding carboxylic acids is 1. The van der Waals surface area contributed by atoms with E-state index >= 15 is 0 Å². The molecule has 0 unspecified atom stereocenters. The van der Waals surface area contributed by atoms with Crippen LogP contribution in [0.2, 0.25) is 10.0 Å². The van der Waals surface area contributed by atoms with E-state index in [9.17, 15) is 4.79 Å². The highest BCUT2D eigenvalue weighted by Crippen LogP contribution is 2.34. The number of hydrogen-bond acceptors (Lipinski definition) is 7. The van der Waals surface area contributed by atoms with E-state index in [-0.39, 0.29) is 6.03 Å². The van der Waals surface area contributed by atoms with Crippen LogP contribution in [0.3, 0.4) is 0 Å². The van der Waals surface area contributed by atoms with E-state index < -0.39 is 0 Å². The highest BCUT2D eigenvalue weighted by Gasteiger charge is 2.27. The third-order valence-electron chi connectivity index (χ3n) is 6.84. The van der Waals surface area contributed by atoms with Gasteiger partial charge in [-0.05, 0) is 36.8 Å². The van der Waals surface area contributed by atoms with Crippen molar-refractivity contribution >= 4 is 51.8 Å². The molecule has 0 spiro atoms. The molecular formula is C29H25Cl2N7O2. The Balaban J connectivity index is 1.28. The number of benzene rings is 2. The Hall–Kier alpha value is -4.21. The minimum absolute atomic E-state index is 0.238. The number of rotatable bonds is 5. The number of aromatic nitrogens is 4. The van der Waals surface area contributed by atoms with Crippen molar-refractivity contribution in [2.45, 2.75) is 13.3 Å². The summed E-state index contributed by atoms with van der Waals surface area (Å²) in [4.78, 5) is 30.9. The monoisotopic (exact) mass is 573 g/mol. The number of fused-ring (bicyclic) bond motifs is 1. The average molecular weight is 574 g/mol. The lowest BCUT2D eigenvalue weighted by atomic mass is 10.1. The summed E-state index contributed by atoms with van der Waals surface area (Å²) in [6, 6.07) is 17.0. The van der Waals surface area contributed by atoms with Crippen LogP contribution in [0.4, 0.5) is 16.3 Å². The molecule has 9 nitrogen and oxygen atoms in total. The SMILES string of the molecule is Cc1ccc(Cc2nc(N3CCN(C(=O)Nc4cccc(Cl)c4Cl)CC3)c3c(-c4cccnc4)noc3n2)cc1. The predicted octanol–water partition coefficient (Wildman–Crippen LogP) is 6.24. The number of nitrogens with zero attached hydrogens (tertiary/aromatic N) is 6. The number of pyridine rings is 1. The van der Waals surface area contributed by atoms with E-state index in [0.29, 0.717) is 65.6 Å². The molecule has 3 aromatic heterocycles. The van der Waals surface area contributed by atoms with Crippen LogP contribution in [0.15, 0.2) is 71.5 Å². The highest BCUT2D eigenvalue weighted by molar-refractivity contribution is 6.43. The fraction of sp³-hybridized carbons (Fsp3) is 0.207. The number of amides is 2. The molecule has 202 valence electrons. The summed E-state index contributed by atoms with van der Waals surface area (Å²) in [5.41, 5.74) is 4.64. The molecule has 1 N–H and O–H groups in total. The van der Waals surface area contributed by atoms with Crippen LogP contribution in [0.25, 0.3) is 22.4 Å². The van der Waals surface area contributed by atoms with Gasteiger partial charge in [-0.25, -0.2) is 9.78 Å². The summed E-state index contributed by atoms with van der Waals surface area (Å²) >= 11 is 12.4. The second kappa shape index (κ2) is 11.1. The van der Waals surface area contributed by atoms with E-state index in [1.165, 1.54) is 5.56 Å². The van der Waals surface area contributed by atoms with Crippen molar-refractivity contribution in [3.05, 3.63) is 94.0 Å². The third kappa shape index (κ3) is 5.30. The summed E-state index contributed by atoms with van der Waals surface area (Å²) in [6.45, 7) is 4.14. The van der Waals surface area contributed by atoms with Crippen LogP contribution in [-0.2, 0) is 6.42 Å². The molecule has 1 aliphatic heterocycles. The summed E-state index contributed by atoms with van der Waals surface area (Å²) < 4.78 is 5.73. The van der Waals surface area contributed by atoms with Crippen molar-refractivity contribution in [3.63, 3.8) is 0 Å². The van der Waals surface area contributed by atoms with Gasteiger partial charge in [0.15, 0.2) is 0 Å². The molecule has 0 aliphatic carbocycles. The van der Waals surface area contributed by atoms with Gasteiger partial charge in [0.05, 0.1) is 15.7 Å². The van der Waals surface area contributed by atoms with Crippen LogP contribution in [0, 0.1) is 6.92 Å². The van der Waals surface area contributed by atoms with E-state index in [4.69, 9.17) is 37.7 Å². The Bertz CT molecular complexity index is 1670.